The van der Waals surface area contributed by atoms with Crippen LogP contribution in [0.5, 0.6) is 0 Å². The van der Waals surface area contributed by atoms with E-state index in [2.05, 4.69) is 71.0 Å². The molecule has 8 bridgehead atoms. The Balaban J connectivity index is 1.32. The van der Waals surface area contributed by atoms with Gasteiger partial charge in [0.25, 0.3) is 0 Å². The van der Waals surface area contributed by atoms with Gasteiger partial charge < -0.3 is 19.8 Å². The number of aliphatic imine (C=N–C) groups is 2. The highest BCUT2D eigenvalue weighted by molar-refractivity contribution is 6.30. The number of nitrogens with one attached hydrogen (secondary N) is 2. The fourth-order valence-electron chi connectivity index (χ4n) is 7.89. The third-order valence-electron chi connectivity index (χ3n) is 10.5. The summed E-state index contributed by atoms with van der Waals surface area (Å²) >= 11 is 0. The Morgan fingerprint density at radius 3 is 1.93 bits per heavy atom. The fourth-order valence-corrected chi connectivity index (χ4v) is 7.89. The largest absolute Gasteiger partial charge is 0.465 e. The van der Waals surface area contributed by atoms with E-state index in [1.54, 1.807) is 24.3 Å². The molecule has 8 nitrogen and oxygen atoms in total. The lowest BCUT2D eigenvalue weighted by Gasteiger charge is -2.36. The van der Waals surface area contributed by atoms with Crippen LogP contribution in [0, 0.1) is 0 Å². The van der Waals surface area contributed by atoms with Crippen LogP contribution in [0.3, 0.4) is 0 Å². The highest BCUT2D eigenvalue weighted by Gasteiger charge is 2.43. The Morgan fingerprint density at radius 2 is 1.25 bits per heavy atom. The van der Waals surface area contributed by atoms with Crippen LogP contribution in [-0.2, 0) is 15.0 Å². The number of rotatable bonds is 6. The number of aromatic nitrogens is 1. The van der Waals surface area contributed by atoms with Gasteiger partial charge in [-0.25, -0.2) is 19.6 Å². The number of hydrogen-bond acceptors (Lipinski definition) is 7. The number of methoxy groups -OCH3 is 2. The van der Waals surface area contributed by atoms with Crippen molar-refractivity contribution in [1.29, 1.82) is 0 Å². The maximum atomic E-state index is 12.5. The molecule has 272 valence electrons. The Morgan fingerprint density at radius 1 is 0.625 bits per heavy atom. The van der Waals surface area contributed by atoms with Crippen LogP contribution in [0.15, 0.2) is 179 Å². The van der Waals surface area contributed by atoms with Crippen molar-refractivity contribution < 1.29 is 19.1 Å². The van der Waals surface area contributed by atoms with Crippen molar-refractivity contribution >= 4 is 46.2 Å². The molecule has 1 aromatic heterocycles. The molecule has 4 aromatic carbocycles. The molecule has 0 amide bonds. The highest BCUT2D eigenvalue weighted by atomic mass is 16.5. The number of carbonyl (C=O) groups is 2. The van der Waals surface area contributed by atoms with E-state index in [0.717, 1.165) is 78.2 Å². The van der Waals surface area contributed by atoms with Gasteiger partial charge in [-0.2, -0.15) is 0 Å². The van der Waals surface area contributed by atoms with Crippen molar-refractivity contribution in [2.24, 2.45) is 9.98 Å². The van der Waals surface area contributed by atoms with Gasteiger partial charge in [-0.15, -0.1) is 0 Å². The van der Waals surface area contributed by atoms with Gasteiger partial charge in [-0.05, 0) is 95.5 Å². The minimum Gasteiger partial charge on any atom is -0.465 e. The average molecular weight is 733 g/mol. The number of carbonyl (C=O) groups excluding carboxylic acids is 2. The van der Waals surface area contributed by atoms with Crippen LogP contribution < -0.4 is 16.0 Å². The van der Waals surface area contributed by atoms with Gasteiger partial charge in [0.15, 0.2) is 0 Å². The van der Waals surface area contributed by atoms with E-state index >= 15 is 0 Å². The smallest absolute Gasteiger partial charge is 0.337 e. The van der Waals surface area contributed by atoms with Crippen molar-refractivity contribution in [3.05, 3.63) is 213 Å². The molecular formula is C48H36N4O4. The number of hydrogen-bond donors (Lipinski definition) is 2. The van der Waals surface area contributed by atoms with Gasteiger partial charge in [0.2, 0.25) is 0 Å². The van der Waals surface area contributed by atoms with Crippen molar-refractivity contribution in [1.82, 2.24) is 10.3 Å². The Hall–Kier alpha value is -7.32. The molecule has 5 aromatic rings. The summed E-state index contributed by atoms with van der Waals surface area (Å²) in [4.78, 5) is 39.1. The number of allylic oxidation sites excluding steroid dienone is 5. The maximum absolute atomic E-state index is 12.5. The van der Waals surface area contributed by atoms with E-state index in [9.17, 15) is 9.59 Å². The monoisotopic (exact) mass is 732 g/mol. The first kappa shape index (κ1) is 34.4. The highest BCUT2D eigenvalue weighted by Crippen LogP contribution is 2.48. The number of nitrogens with zero attached hydrogens (tertiary/aromatic N) is 2. The lowest BCUT2D eigenvalue weighted by Crippen LogP contribution is -2.39. The summed E-state index contributed by atoms with van der Waals surface area (Å²) in [6, 6.07) is 39.8. The summed E-state index contributed by atoms with van der Waals surface area (Å²) < 4.78 is 10.00. The number of aromatic amines is 1. The SMILES string of the molecule is COC(=O)c1ccc(/C2=C3\C=CC(=N3)/C=c3/cc/c([nH]3)=C(\c3ccc(C(=O)OC)cc3)C3=N/C(=C(/c4ccccc4)C4=CCC2(c2ccccc2)N4)C=C3)cc1. The Labute approximate surface area is 323 Å². The average Bonchev–Trinajstić information content (AvgIpc) is 4.09. The normalized spacial score (nSPS) is 22.4. The molecule has 8 heteroatoms. The minimum absolute atomic E-state index is 0.392. The quantitative estimate of drug-likeness (QED) is 0.180. The lowest BCUT2D eigenvalue weighted by atomic mass is 9.76. The third kappa shape index (κ3) is 6.07. The molecule has 5 heterocycles. The standard InChI is InChI=1S/C48H36N4O4/c1-55-46(53)33-17-13-31(14-18-33)43-38-23-21-36(49-38)29-37-22-24-42(50-37)45(32-15-19-34(20-16-32)47(54)56-2)48(35-11-7-4-8-12-35)28-27-41(52-48)44(30-9-5-3-6-10-30)40-26-25-39(43)51-40/h3-27,29,49,52H,28H2,1-2H3/b36-29-,43-38-,44-40-,45-42-. The van der Waals surface area contributed by atoms with Gasteiger partial charge in [0.1, 0.15) is 0 Å². The summed E-state index contributed by atoms with van der Waals surface area (Å²) in [5.74, 6) is -0.785. The summed E-state index contributed by atoms with van der Waals surface area (Å²) in [7, 11) is 2.77. The van der Waals surface area contributed by atoms with Crippen molar-refractivity contribution in [3.8, 4) is 0 Å². The van der Waals surface area contributed by atoms with E-state index in [1.807, 2.05) is 72.8 Å². The van der Waals surface area contributed by atoms with E-state index in [4.69, 9.17) is 19.5 Å². The summed E-state index contributed by atoms with van der Waals surface area (Å²) in [5.41, 5.74) is 11.0. The second-order valence-corrected chi connectivity index (χ2v) is 13.8. The minimum atomic E-state index is -0.757. The van der Waals surface area contributed by atoms with Crippen LogP contribution in [-0.4, -0.2) is 42.6 Å². The molecule has 56 heavy (non-hydrogen) atoms. The van der Waals surface area contributed by atoms with E-state index in [1.165, 1.54) is 14.2 Å². The molecule has 2 N–H and O–H groups in total. The molecule has 0 spiro atoms. The van der Waals surface area contributed by atoms with Gasteiger partial charge in [0.05, 0.1) is 53.7 Å². The van der Waals surface area contributed by atoms with Crippen LogP contribution in [0.25, 0.3) is 22.8 Å². The predicted octanol–water partition coefficient (Wildman–Crippen LogP) is 7.20. The molecule has 0 saturated carbocycles. The first-order valence-electron chi connectivity index (χ1n) is 18.4. The number of H-pyrrole nitrogens is 1. The molecule has 9 rings (SSSR count). The van der Waals surface area contributed by atoms with Gasteiger partial charge in [-0.1, -0.05) is 91.0 Å². The van der Waals surface area contributed by atoms with Crippen molar-refractivity contribution in [2.75, 3.05) is 14.2 Å². The second-order valence-electron chi connectivity index (χ2n) is 13.8. The van der Waals surface area contributed by atoms with Crippen molar-refractivity contribution in [2.45, 2.75) is 12.0 Å². The first-order chi connectivity index (χ1) is 27.4. The summed E-state index contributed by atoms with van der Waals surface area (Å²) in [5, 5.41) is 5.80. The Bertz CT molecular complexity index is 2760. The molecular weight excluding hydrogens is 697 g/mol. The lowest BCUT2D eigenvalue weighted by molar-refractivity contribution is 0.0592. The van der Waals surface area contributed by atoms with Crippen LogP contribution in [0.4, 0.5) is 0 Å². The zero-order valence-electron chi connectivity index (χ0n) is 30.7. The molecule has 0 saturated heterocycles. The zero-order valence-corrected chi connectivity index (χ0v) is 30.7. The van der Waals surface area contributed by atoms with E-state index in [0.29, 0.717) is 17.5 Å². The molecule has 0 radical (unpaired) electrons. The topological polar surface area (TPSA) is 105 Å². The zero-order chi connectivity index (χ0) is 38.2. The van der Waals surface area contributed by atoms with Crippen molar-refractivity contribution in [3.63, 3.8) is 0 Å². The van der Waals surface area contributed by atoms with Crippen LogP contribution >= 0.6 is 0 Å². The molecule has 0 fully saturated rings. The second kappa shape index (κ2) is 14.2. The summed E-state index contributed by atoms with van der Waals surface area (Å²) in [6.45, 7) is 0. The molecule has 4 aliphatic rings. The first-order valence-corrected chi connectivity index (χ1v) is 18.4. The van der Waals surface area contributed by atoms with E-state index in [-0.39, 0.29) is 0 Å². The van der Waals surface area contributed by atoms with Crippen LogP contribution in [0.2, 0.25) is 0 Å². The number of esters is 2. The Kier molecular flexibility index (Phi) is 8.71. The fraction of sp³-hybridized carbons (Fsp3) is 0.0833. The predicted molar refractivity (Wildman–Crippen MR) is 220 cm³/mol. The van der Waals surface area contributed by atoms with E-state index < -0.39 is 17.5 Å². The number of ether oxygens (including phenoxy) is 2. The molecule has 0 aliphatic carbocycles. The van der Waals surface area contributed by atoms with Crippen LogP contribution in [0.1, 0.15) is 49.4 Å². The van der Waals surface area contributed by atoms with Gasteiger partial charge in [0, 0.05) is 33.1 Å². The summed E-state index contributed by atoms with van der Waals surface area (Å²) in [6.07, 6.45) is 13.1. The third-order valence-corrected chi connectivity index (χ3v) is 10.5. The van der Waals surface area contributed by atoms with Gasteiger partial charge in [-0.3, -0.25) is 0 Å². The molecule has 1 atom stereocenters. The number of fused-ring (bicyclic) bond motifs is 6. The van der Waals surface area contributed by atoms with Gasteiger partial charge >= 0.3 is 11.9 Å². The molecule has 4 aliphatic heterocycles. The molecule has 1 unspecified atom stereocenters. The maximum Gasteiger partial charge on any atom is 0.337 e. The number of benzene rings is 4.